The zero-order chi connectivity index (χ0) is 15.8. The molecule has 2 heterocycles. The highest BCUT2D eigenvalue weighted by Crippen LogP contribution is 2.12. The number of aromatic nitrogens is 2. The van der Waals surface area contributed by atoms with Crippen LogP contribution in [0.25, 0.3) is 0 Å². The number of hydrogen-bond donors (Lipinski definition) is 1. The molecule has 5 nitrogen and oxygen atoms in total. The van der Waals surface area contributed by atoms with Gasteiger partial charge in [-0.1, -0.05) is 19.4 Å². The van der Waals surface area contributed by atoms with Crippen LogP contribution in [0.4, 0.5) is 5.82 Å². The summed E-state index contributed by atoms with van der Waals surface area (Å²) >= 11 is 0. The molecule has 0 aliphatic carbocycles. The lowest BCUT2D eigenvalue weighted by atomic mass is 10.2. The van der Waals surface area contributed by atoms with Gasteiger partial charge in [0.25, 0.3) is 5.91 Å². The number of carbonyl (C=O) groups is 1. The van der Waals surface area contributed by atoms with E-state index in [1.54, 1.807) is 18.5 Å². The summed E-state index contributed by atoms with van der Waals surface area (Å²) in [6.45, 7) is 3.51. The van der Waals surface area contributed by atoms with Crippen molar-refractivity contribution in [3.8, 4) is 0 Å². The van der Waals surface area contributed by atoms with Gasteiger partial charge in [0.2, 0.25) is 0 Å². The van der Waals surface area contributed by atoms with Crippen LogP contribution >= 0.6 is 0 Å². The third kappa shape index (κ3) is 4.55. The van der Waals surface area contributed by atoms with Crippen LogP contribution in [0, 0.1) is 0 Å². The minimum absolute atomic E-state index is 0.113. The molecule has 116 valence electrons. The summed E-state index contributed by atoms with van der Waals surface area (Å²) in [5, 5.41) is 2.88. The van der Waals surface area contributed by atoms with Gasteiger partial charge in [0.05, 0.1) is 12.2 Å². The normalized spacial score (nSPS) is 10.3. The molecular formula is C17H22N4O. The molecule has 0 bridgehead atoms. The number of nitrogens with one attached hydrogen (secondary N) is 1. The van der Waals surface area contributed by atoms with Crippen LogP contribution in [0.1, 0.15) is 35.8 Å². The second-order valence-corrected chi connectivity index (χ2v) is 5.18. The first kappa shape index (κ1) is 15.9. The molecular weight excluding hydrogens is 276 g/mol. The fraction of sp³-hybridized carbons (Fsp3) is 0.353. The Morgan fingerprint density at radius 2 is 2.09 bits per heavy atom. The average molecular weight is 298 g/mol. The molecule has 0 fully saturated rings. The molecule has 1 amide bonds. The Morgan fingerprint density at radius 1 is 1.23 bits per heavy atom. The average Bonchev–Trinajstić information content (AvgIpc) is 2.58. The fourth-order valence-corrected chi connectivity index (χ4v) is 2.05. The van der Waals surface area contributed by atoms with Gasteiger partial charge < -0.3 is 10.2 Å². The molecule has 0 aliphatic rings. The third-order valence-electron chi connectivity index (χ3n) is 3.40. The Hall–Kier alpha value is -2.43. The quantitative estimate of drug-likeness (QED) is 0.853. The van der Waals surface area contributed by atoms with Gasteiger partial charge in [-0.3, -0.25) is 9.78 Å². The van der Waals surface area contributed by atoms with Gasteiger partial charge in [0, 0.05) is 31.5 Å². The van der Waals surface area contributed by atoms with Gasteiger partial charge in [-0.15, -0.1) is 0 Å². The van der Waals surface area contributed by atoms with Crippen LogP contribution in [-0.4, -0.2) is 29.5 Å². The Morgan fingerprint density at radius 3 is 2.82 bits per heavy atom. The predicted octanol–water partition coefficient (Wildman–Crippen LogP) is 2.64. The van der Waals surface area contributed by atoms with Crippen molar-refractivity contribution in [2.24, 2.45) is 0 Å². The van der Waals surface area contributed by atoms with E-state index in [1.165, 1.54) is 0 Å². The molecule has 0 saturated heterocycles. The molecule has 2 rings (SSSR count). The van der Waals surface area contributed by atoms with E-state index in [1.807, 2.05) is 31.3 Å². The number of carbonyl (C=O) groups excluding carboxylic acids is 1. The van der Waals surface area contributed by atoms with Gasteiger partial charge in [-0.05, 0) is 30.7 Å². The number of pyridine rings is 2. The van der Waals surface area contributed by atoms with Gasteiger partial charge in [0.1, 0.15) is 5.82 Å². The van der Waals surface area contributed by atoms with Crippen molar-refractivity contribution >= 4 is 11.7 Å². The highest BCUT2D eigenvalue weighted by molar-refractivity contribution is 5.94. The molecule has 0 unspecified atom stereocenters. The van der Waals surface area contributed by atoms with Crippen molar-refractivity contribution in [2.75, 3.05) is 18.5 Å². The minimum Gasteiger partial charge on any atom is -0.360 e. The monoisotopic (exact) mass is 298 g/mol. The highest BCUT2D eigenvalue weighted by Gasteiger charge is 2.09. The first-order valence-corrected chi connectivity index (χ1v) is 7.56. The predicted molar refractivity (Wildman–Crippen MR) is 87.8 cm³/mol. The molecule has 2 aromatic heterocycles. The second kappa shape index (κ2) is 8.12. The first-order valence-electron chi connectivity index (χ1n) is 7.56. The number of nitrogens with zero attached hydrogens (tertiary/aromatic N) is 3. The van der Waals surface area contributed by atoms with Gasteiger partial charge >= 0.3 is 0 Å². The lowest BCUT2D eigenvalue weighted by molar-refractivity contribution is 0.0950. The highest BCUT2D eigenvalue weighted by atomic mass is 16.1. The Balaban J connectivity index is 1.97. The van der Waals surface area contributed by atoms with Crippen molar-refractivity contribution < 1.29 is 4.79 Å². The van der Waals surface area contributed by atoms with E-state index in [0.29, 0.717) is 12.1 Å². The van der Waals surface area contributed by atoms with Gasteiger partial charge in [-0.2, -0.15) is 0 Å². The van der Waals surface area contributed by atoms with E-state index in [2.05, 4.69) is 27.1 Å². The maximum absolute atomic E-state index is 12.2. The molecule has 0 saturated carbocycles. The zero-order valence-corrected chi connectivity index (χ0v) is 13.1. The van der Waals surface area contributed by atoms with Gasteiger partial charge in [-0.25, -0.2) is 4.98 Å². The molecule has 5 heteroatoms. The van der Waals surface area contributed by atoms with E-state index >= 15 is 0 Å². The number of anilines is 1. The molecule has 0 radical (unpaired) electrons. The van der Waals surface area contributed by atoms with Crippen LogP contribution in [0.2, 0.25) is 0 Å². The SMILES string of the molecule is CCCCN(C)c1cc(C(=O)NCc2ccccn2)ccn1. The van der Waals surface area contributed by atoms with Crippen LogP contribution < -0.4 is 10.2 Å². The van der Waals surface area contributed by atoms with E-state index in [0.717, 1.165) is 30.9 Å². The molecule has 0 aliphatic heterocycles. The van der Waals surface area contributed by atoms with Crippen molar-refractivity contribution in [3.63, 3.8) is 0 Å². The third-order valence-corrected chi connectivity index (χ3v) is 3.40. The summed E-state index contributed by atoms with van der Waals surface area (Å²) < 4.78 is 0. The summed E-state index contributed by atoms with van der Waals surface area (Å²) in [7, 11) is 1.99. The number of hydrogen-bond acceptors (Lipinski definition) is 4. The van der Waals surface area contributed by atoms with E-state index in [4.69, 9.17) is 0 Å². The summed E-state index contributed by atoms with van der Waals surface area (Å²) in [5.74, 6) is 0.706. The van der Waals surface area contributed by atoms with E-state index in [9.17, 15) is 4.79 Å². The summed E-state index contributed by atoms with van der Waals surface area (Å²) in [6.07, 6.45) is 5.63. The smallest absolute Gasteiger partial charge is 0.251 e. The topological polar surface area (TPSA) is 58.1 Å². The Bertz CT molecular complexity index is 601. The van der Waals surface area contributed by atoms with Crippen molar-refractivity contribution in [1.29, 1.82) is 0 Å². The first-order chi connectivity index (χ1) is 10.7. The molecule has 0 atom stereocenters. The maximum Gasteiger partial charge on any atom is 0.251 e. The molecule has 2 aromatic rings. The van der Waals surface area contributed by atoms with E-state index < -0.39 is 0 Å². The molecule has 0 spiro atoms. The molecule has 1 N–H and O–H groups in total. The van der Waals surface area contributed by atoms with Crippen molar-refractivity contribution in [1.82, 2.24) is 15.3 Å². The van der Waals surface area contributed by atoms with E-state index in [-0.39, 0.29) is 5.91 Å². The number of unbranched alkanes of at least 4 members (excludes halogenated alkanes) is 1. The zero-order valence-electron chi connectivity index (χ0n) is 13.1. The van der Waals surface area contributed by atoms with Crippen molar-refractivity contribution in [2.45, 2.75) is 26.3 Å². The Kier molecular flexibility index (Phi) is 5.89. The minimum atomic E-state index is -0.113. The lowest BCUT2D eigenvalue weighted by Crippen LogP contribution is -2.24. The van der Waals surface area contributed by atoms with Crippen LogP contribution in [-0.2, 0) is 6.54 Å². The summed E-state index contributed by atoms with van der Waals surface area (Å²) in [4.78, 5) is 22.8. The number of amides is 1. The summed E-state index contributed by atoms with van der Waals surface area (Å²) in [6, 6.07) is 9.19. The second-order valence-electron chi connectivity index (χ2n) is 5.18. The number of rotatable bonds is 7. The molecule has 22 heavy (non-hydrogen) atoms. The fourth-order valence-electron chi connectivity index (χ4n) is 2.05. The van der Waals surface area contributed by atoms with Crippen LogP contribution in [0.15, 0.2) is 42.7 Å². The summed E-state index contributed by atoms with van der Waals surface area (Å²) in [5.41, 5.74) is 1.45. The largest absolute Gasteiger partial charge is 0.360 e. The van der Waals surface area contributed by atoms with Crippen molar-refractivity contribution in [3.05, 3.63) is 54.0 Å². The lowest BCUT2D eigenvalue weighted by Gasteiger charge is -2.18. The van der Waals surface area contributed by atoms with Crippen LogP contribution in [0.3, 0.4) is 0 Å². The van der Waals surface area contributed by atoms with Crippen LogP contribution in [0.5, 0.6) is 0 Å². The molecule has 0 aromatic carbocycles. The van der Waals surface area contributed by atoms with Gasteiger partial charge in [0.15, 0.2) is 0 Å². The Labute approximate surface area is 131 Å². The maximum atomic E-state index is 12.2. The standard InChI is InChI=1S/C17H22N4O/c1-3-4-11-21(2)16-12-14(8-10-19-16)17(22)20-13-15-7-5-6-9-18-15/h5-10,12H,3-4,11,13H2,1-2H3,(H,20,22).